The molecule has 0 saturated heterocycles. The number of nitrogens with one attached hydrogen (secondary N) is 1. The highest BCUT2D eigenvalue weighted by Crippen LogP contribution is 2.32. The van der Waals surface area contributed by atoms with Crippen molar-refractivity contribution in [2.45, 2.75) is 37.8 Å². The minimum absolute atomic E-state index is 0.0159. The Morgan fingerprint density at radius 1 is 1.00 bits per heavy atom. The van der Waals surface area contributed by atoms with E-state index in [0.29, 0.717) is 0 Å². The van der Waals surface area contributed by atoms with Crippen LogP contribution in [0.4, 0.5) is 14.5 Å². The molecule has 0 spiro atoms. The van der Waals surface area contributed by atoms with Crippen molar-refractivity contribution in [3.63, 3.8) is 0 Å². The predicted octanol–water partition coefficient (Wildman–Crippen LogP) is 5.00. The zero-order valence-corrected chi connectivity index (χ0v) is 16.8. The number of rotatable bonds is 6. The lowest BCUT2D eigenvalue weighted by atomic mass is 10.0. The van der Waals surface area contributed by atoms with E-state index < -0.39 is 29.5 Å². The molecule has 1 heterocycles. The van der Waals surface area contributed by atoms with Crippen molar-refractivity contribution in [2.24, 2.45) is 0 Å². The number of carbonyl (C=O) groups excluding carboxylic acids is 2. The summed E-state index contributed by atoms with van der Waals surface area (Å²) in [5, 5.41) is 2.95. The molecule has 2 amide bonds. The zero-order chi connectivity index (χ0) is 21.8. The van der Waals surface area contributed by atoms with E-state index in [2.05, 4.69) is 5.32 Å². The molecule has 31 heavy (non-hydrogen) atoms. The van der Waals surface area contributed by atoms with Crippen molar-refractivity contribution in [3.8, 4) is 0 Å². The monoisotopic (exact) mass is 424 g/mol. The minimum atomic E-state index is -1.35. The lowest BCUT2D eigenvalue weighted by Crippen LogP contribution is -2.46. The number of hydrogen-bond donors (Lipinski definition) is 1. The number of nitrogens with zero attached hydrogens (tertiary/aromatic N) is 1. The molecule has 0 radical (unpaired) electrons. The van der Waals surface area contributed by atoms with Crippen molar-refractivity contribution in [2.75, 3.05) is 4.90 Å². The third-order valence-electron chi connectivity index (χ3n) is 5.45. The highest BCUT2D eigenvalue weighted by molar-refractivity contribution is 6.08. The Hall–Kier alpha value is -3.48. The molecule has 3 aromatic rings. The molecule has 1 fully saturated rings. The summed E-state index contributed by atoms with van der Waals surface area (Å²) in [5.74, 6) is -2.47. The third kappa shape index (κ3) is 4.50. The summed E-state index contributed by atoms with van der Waals surface area (Å²) in [4.78, 5) is 27.9. The number of halogens is 2. The summed E-state index contributed by atoms with van der Waals surface area (Å²) < 4.78 is 34.2. The van der Waals surface area contributed by atoms with Gasteiger partial charge in [-0.3, -0.25) is 14.5 Å². The number of carbonyl (C=O) groups is 2. The molecule has 4 rings (SSSR count). The number of benzene rings is 2. The van der Waals surface area contributed by atoms with Crippen LogP contribution >= 0.6 is 0 Å². The second-order valence-corrected chi connectivity index (χ2v) is 7.55. The Labute approximate surface area is 178 Å². The summed E-state index contributed by atoms with van der Waals surface area (Å²) >= 11 is 0. The zero-order valence-electron chi connectivity index (χ0n) is 16.8. The van der Waals surface area contributed by atoms with E-state index in [0.717, 1.165) is 36.6 Å². The van der Waals surface area contributed by atoms with E-state index in [-0.39, 0.29) is 23.1 Å². The first kappa shape index (κ1) is 20.8. The van der Waals surface area contributed by atoms with Gasteiger partial charge in [0.05, 0.1) is 6.26 Å². The van der Waals surface area contributed by atoms with Gasteiger partial charge in [-0.15, -0.1) is 0 Å². The van der Waals surface area contributed by atoms with Crippen LogP contribution in [0.25, 0.3) is 0 Å². The third-order valence-corrected chi connectivity index (χ3v) is 5.45. The summed E-state index contributed by atoms with van der Waals surface area (Å²) in [5.41, 5.74) is 0.137. The highest BCUT2D eigenvalue weighted by atomic mass is 19.1. The Kier molecular flexibility index (Phi) is 6.11. The van der Waals surface area contributed by atoms with Crippen LogP contribution in [0.5, 0.6) is 0 Å². The Bertz CT molecular complexity index is 1060. The van der Waals surface area contributed by atoms with Gasteiger partial charge in [0.25, 0.3) is 5.91 Å². The number of amides is 2. The SMILES string of the molecule is O=C(NC1CCCC1)[C@H](c1ccccc1F)N(C(=O)c1ccco1)c1cccc(F)c1. The van der Waals surface area contributed by atoms with E-state index in [1.54, 1.807) is 6.07 Å². The fourth-order valence-corrected chi connectivity index (χ4v) is 3.97. The molecule has 1 aliphatic carbocycles. The van der Waals surface area contributed by atoms with Gasteiger partial charge >= 0.3 is 0 Å². The molecule has 2 aromatic carbocycles. The first-order valence-corrected chi connectivity index (χ1v) is 10.2. The standard InChI is InChI=1S/C24H22F2N2O3/c25-16-7-5-10-18(15-16)28(24(30)21-13-6-14-31-21)22(19-11-3-4-12-20(19)26)23(29)27-17-8-1-2-9-17/h3-7,10-15,17,22H,1-2,8-9H2,(H,27,29)/t22-/m0/s1. The molecule has 5 nitrogen and oxygen atoms in total. The predicted molar refractivity (Wildman–Crippen MR) is 111 cm³/mol. The molecule has 7 heteroatoms. The fraction of sp³-hybridized carbons (Fsp3) is 0.250. The highest BCUT2D eigenvalue weighted by Gasteiger charge is 2.37. The summed E-state index contributed by atoms with van der Waals surface area (Å²) in [6.45, 7) is 0. The fourth-order valence-electron chi connectivity index (χ4n) is 3.97. The second kappa shape index (κ2) is 9.12. The van der Waals surface area contributed by atoms with Gasteiger partial charge in [0.1, 0.15) is 17.7 Å². The van der Waals surface area contributed by atoms with E-state index in [9.17, 15) is 18.4 Å². The normalized spacial score (nSPS) is 14.9. The number of anilines is 1. The van der Waals surface area contributed by atoms with Gasteiger partial charge in [-0.05, 0) is 49.2 Å². The van der Waals surface area contributed by atoms with Gasteiger partial charge in [-0.1, -0.05) is 37.1 Å². The average Bonchev–Trinajstić information content (AvgIpc) is 3.46. The molecule has 0 bridgehead atoms. The van der Waals surface area contributed by atoms with Crippen LogP contribution in [-0.4, -0.2) is 17.9 Å². The van der Waals surface area contributed by atoms with Crippen molar-refractivity contribution >= 4 is 17.5 Å². The molecular formula is C24H22F2N2O3. The molecule has 160 valence electrons. The first-order chi connectivity index (χ1) is 15.0. The first-order valence-electron chi connectivity index (χ1n) is 10.2. The van der Waals surface area contributed by atoms with E-state index in [1.165, 1.54) is 54.8 Å². The summed E-state index contributed by atoms with van der Waals surface area (Å²) in [6, 6.07) is 12.7. The van der Waals surface area contributed by atoms with Crippen LogP contribution in [-0.2, 0) is 4.79 Å². The molecule has 1 N–H and O–H groups in total. The van der Waals surface area contributed by atoms with Gasteiger partial charge in [0.2, 0.25) is 5.91 Å². The second-order valence-electron chi connectivity index (χ2n) is 7.55. The lowest BCUT2D eigenvalue weighted by molar-refractivity contribution is -0.123. The average molecular weight is 424 g/mol. The van der Waals surface area contributed by atoms with Gasteiger partial charge < -0.3 is 9.73 Å². The van der Waals surface area contributed by atoms with Crippen LogP contribution in [0, 0.1) is 11.6 Å². The van der Waals surface area contributed by atoms with Crippen molar-refractivity contribution in [3.05, 3.63) is 89.9 Å². The van der Waals surface area contributed by atoms with Gasteiger partial charge in [-0.2, -0.15) is 0 Å². The smallest absolute Gasteiger partial charge is 0.294 e. The molecular weight excluding hydrogens is 402 g/mol. The minimum Gasteiger partial charge on any atom is -0.459 e. The molecule has 0 aliphatic heterocycles. The maximum absolute atomic E-state index is 14.9. The molecule has 1 saturated carbocycles. The van der Waals surface area contributed by atoms with Crippen molar-refractivity contribution in [1.82, 2.24) is 5.32 Å². The number of hydrogen-bond acceptors (Lipinski definition) is 3. The maximum atomic E-state index is 14.9. The van der Waals surface area contributed by atoms with E-state index >= 15 is 0 Å². The Morgan fingerprint density at radius 3 is 2.45 bits per heavy atom. The lowest BCUT2D eigenvalue weighted by Gasteiger charge is -2.32. The van der Waals surface area contributed by atoms with Crippen LogP contribution < -0.4 is 10.2 Å². The van der Waals surface area contributed by atoms with Crippen molar-refractivity contribution < 1.29 is 22.8 Å². The molecule has 0 unspecified atom stereocenters. The van der Waals surface area contributed by atoms with Crippen LogP contribution in [0.15, 0.2) is 71.3 Å². The van der Waals surface area contributed by atoms with E-state index in [4.69, 9.17) is 4.42 Å². The quantitative estimate of drug-likeness (QED) is 0.605. The summed E-state index contributed by atoms with van der Waals surface area (Å²) in [6.07, 6.45) is 4.96. The largest absolute Gasteiger partial charge is 0.459 e. The topological polar surface area (TPSA) is 62.6 Å². The Balaban J connectivity index is 1.83. The van der Waals surface area contributed by atoms with E-state index in [1.807, 2.05) is 0 Å². The van der Waals surface area contributed by atoms with Crippen molar-refractivity contribution in [1.29, 1.82) is 0 Å². The molecule has 1 aromatic heterocycles. The number of furan rings is 1. The van der Waals surface area contributed by atoms with Crippen LogP contribution in [0.1, 0.15) is 47.8 Å². The van der Waals surface area contributed by atoms with Gasteiger partial charge in [0.15, 0.2) is 5.76 Å². The van der Waals surface area contributed by atoms with Gasteiger partial charge in [0, 0.05) is 17.3 Å². The summed E-state index contributed by atoms with van der Waals surface area (Å²) in [7, 11) is 0. The maximum Gasteiger partial charge on any atom is 0.294 e. The van der Waals surface area contributed by atoms with Crippen LogP contribution in [0.2, 0.25) is 0 Å². The van der Waals surface area contributed by atoms with Crippen LogP contribution in [0.3, 0.4) is 0 Å². The molecule has 1 aliphatic rings. The molecule has 1 atom stereocenters. The van der Waals surface area contributed by atoms with Gasteiger partial charge in [-0.25, -0.2) is 8.78 Å². The Morgan fingerprint density at radius 2 is 1.77 bits per heavy atom.